The lowest BCUT2D eigenvalue weighted by Gasteiger charge is -2.34. The third kappa shape index (κ3) is 14.0. The Labute approximate surface area is 820 Å². The van der Waals surface area contributed by atoms with Gasteiger partial charge in [-0.2, -0.15) is 15.8 Å². The van der Waals surface area contributed by atoms with Crippen LogP contribution in [0.15, 0.2) is 109 Å². The monoisotopic (exact) mass is 1880 g/mol. The summed E-state index contributed by atoms with van der Waals surface area (Å²) in [4.78, 5) is 188. The van der Waals surface area contributed by atoms with Crippen molar-refractivity contribution in [2.24, 2.45) is 0 Å². The second-order valence-electron chi connectivity index (χ2n) is 39.4. The molecule has 6 aliphatic heterocycles. The highest BCUT2D eigenvalue weighted by atomic mass is 16.2. The van der Waals surface area contributed by atoms with E-state index in [0.717, 1.165) is 103 Å². The van der Waals surface area contributed by atoms with E-state index in [9.17, 15) is 73.3 Å². The Morgan fingerprint density at radius 1 is 0.218 bits per heavy atom. The van der Waals surface area contributed by atoms with Gasteiger partial charge in [-0.05, 0) is 234 Å². The van der Waals surface area contributed by atoms with Gasteiger partial charge < -0.3 is 0 Å². The Hall–Kier alpha value is -16.0. The Morgan fingerprint density at radius 3 is 0.556 bits per heavy atom. The molecule has 0 saturated heterocycles. The van der Waals surface area contributed by atoms with Gasteiger partial charge in [-0.3, -0.25) is 86.9 Å². The summed E-state index contributed by atoms with van der Waals surface area (Å²) < 4.78 is 0. The predicted molar refractivity (Wildman–Crippen MR) is 551 cm³/mol. The molecular weight excluding hydrogens is 1780 g/mol. The number of amides is 12. The van der Waals surface area contributed by atoms with Crippen LogP contribution in [0.4, 0.5) is 17.1 Å². The predicted octanol–water partition coefficient (Wildman–Crippen LogP) is 27.1. The molecule has 0 aliphatic carbocycles. The van der Waals surface area contributed by atoms with Crippen LogP contribution in [0.2, 0.25) is 0 Å². The lowest BCUT2D eigenvalue weighted by molar-refractivity contribution is 0.0526. The molecule has 0 unspecified atom stereocenters. The first-order chi connectivity index (χ1) is 68.6. The van der Waals surface area contributed by atoms with Crippen molar-refractivity contribution in [1.29, 1.82) is 15.8 Å². The number of rotatable bonds is 28. The Kier molecular flexibility index (Phi) is 24.7. The minimum absolute atomic E-state index is 0.234. The fourth-order valence-electron chi connectivity index (χ4n) is 23.9. The fraction of sp³-hybridized carbons (Fsp3) is 0.339. The Morgan fingerprint density at radius 2 is 0.380 bits per heavy atom. The molecule has 6 heterocycles. The molecule has 15 aromatic rings. The molecule has 15 aromatic carbocycles. The maximum absolute atomic E-state index is 14.1. The van der Waals surface area contributed by atoms with Crippen molar-refractivity contribution in [1.82, 2.24) is 29.4 Å². The van der Waals surface area contributed by atoms with Crippen LogP contribution in [0.25, 0.3) is 144 Å². The lowest BCUT2D eigenvalue weighted by Crippen LogP contribution is -2.46. The molecule has 0 bridgehead atoms. The van der Waals surface area contributed by atoms with Gasteiger partial charge in [-0.1, -0.05) is 181 Å². The molecule has 12 amide bonds. The number of unbranched alkanes of at least 4 members (excludes halogenated alkanes) is 10. The highest BCUT2D eigenvalue weighted by molar-refractivity contribution is 6.48. The molecule has 24 heteroatoms. The molecule has 708 valence electrons. The van der Waals surface area contributed by atoms with E-state index in [1.807, 2.05) is 41.5 Å². The number of carbonyl (C=O) groups excluding carboxylic acids is 12. The van der Waals surface area contributed by atoms with Crippen LogP contribution in [0.5, 0.6) is 0 Å². The largest absolute Gasteiger partial charge is 0.272 e. The van der Waals surface area contributed by atoms with Gasteiger partial charge in [0.25, 0.3) is 70.9 Å². The summed E-state index contributed by atoms with van der Waals surface area (Å²) in [6.07, 6.45) is 19.4. The van der Waals surface area contributed by atoms with E-state index in [0.29, 0.717) is 229 Å². The van der Waals surface area contributed by atoms with Gasteiger partial charge in [0.15, 0.2) is 17.1 Å². The first kappa shape index (κ1) is 94.9. The van der Waals surface area contributed by atoms with E-state index in [2.05, 4.69) is 74.3 Å². The van der Waals surface area contributed by atoms with E-state index in [4.69, 9.17) is 19.7 Å². The number of fused-ring (bicyclic) bond motifs is 6. The first-order valence-corrected chi connectivity index (χ1v) is 50.0. The molecule has 6 atom stereocenters. The van der Waals surface area contributed by atoms with E-state index >= 15 is 0 Å². The van der Waals surface area contributed by atoms with E-state index in [1.54, 1.807) is 109 Å². The standard InChI is InChI=1S/2C40H36N4O4.C38H32N4O4/c2*1-6-8-10-12-21(3)43-37(45)26-17-15-25-34-30(42-5)19-29-33-27(38(46)44(40(29)48)22(4)13-11-9-7-2)16-14-24(36(33)34)31-23(20-41)18-28(39(43)47)32(26)35(25)31;1-6-8-10-19(3)41-35(43)24-15-13-23-32-28(40-5)17-27-31-25(36(44)42(38(27)46)20(4)11-9-7-2)14-12-22(34(31)32)29-21(18-39)16-26(37(41)45)30(24)33(23)29/h2*14-19,21-22H,6-13H2,1-4H3;12-17,19-20H,6-11H2,1-4H3/t2*21-,22-;19-,20-/m100/s1. The van der Waals surface area contributed by atoms with Gasteiger partial charge in [0, 0.05) is 135 Å². The summed E-state index contributed by atoms with van der Waals surface area (Å²) in [5.74, 6) is -4.81. The van der Waals surface area contributed by atoms with Crippen LogP contribution < -0.4 is 0 Å². The quantitative estimate of drug-likeness (QED) is 0.0145. The third-order valence-corrected chi connectivity index (χ3v) is 30.9. The van der Waals surface area contributed by atoms with Gasteiger partial charge >= 0.3 is 0 Å². The average Bonchev–Trinajstić information content (AvgIpc) is 0.686. The Bertz CT molecular complexity index is 7670. The molecule has 6 aliphatic rings. The molecule has 0 radical (unpaired) electrons. The summed E-state index contributed by atoms with van der Waals surface area (Å²) in [5, 5.41) is 44.6. The van der Waals surface area contributed by atoms with Crippen LogP contribution >= 0.6 is 0 Å². The minimum atomic E-state index is -0.434. The van der Waals surface area contributed by atoms with Gasteiger partial charge in [-0.15, -0.1) is 0 Å². The number of nitriles is 3. The van der Waals surface area contributed by atoms with Crippen molar-refractivity contribution >= 4 is 217 Å². The molecule has 142 heavy (non-hydrogen) atoms. The molecule has 0 spiro atoms. The van der Waals surface area contributed by atoms with Crippen LogP contribution in [0.3, 0.4) is 0 Å². The van der Waals surface area contributed by atoms with E-state index < -0.39 is 35.4 Å². The number of nitrogens with zero attached hydrogens (tertiary/aromatic N) is 12. The minimum Gasteiger partial charge on any atom is -0.272 e. The zero-order valence-corrected chi connectivity index (χ0v) is 81.7. The molecule has 0 N–H and O–H groups in total. The molecule has 0 aromatic heterocycles. The van der Waals surface area contributed by atoms with Gasteiger partial charge in [0.1, 0.15) is 0 Å². The summed E-state index contributed by atoms with van der Waals surface area (Å²) in [5.41, 5.74) is 5.52. The van der Waals surface area contributed by atoms with Crippen molar-refractivity contribution in [2.45, 2.75) is 261 Å². The maximum Gasteiger partial charge on any atom is 0.261 e. The van der Waals surface area contributed by atoms with Crippen molar-refractivity contribution in [3.63, 3.8) is 0 Å². The smallest absolute Gasteiger partial charge is 0.261 e. The zero-order valence-electron chi connectivity index (χ0n) is 81.7. The summed E-state index contributed by atoms with van der Waals surface area (Å²) in [6, 6.07) is 35.4. The van der Waals surface area contributed by atoms with Crippen LogP contribution in [0, 0.1) is 53.7 Å². The van der Waals surface area contributed by atoms with Crippen LogP contribution in [0.1, 0.15) is 365 Å². The van der Waals surface area contributed by atoms with E-state index in [-0.39, 0.29) is 111 Å². The number of carbonyl (C=O) groups is 12. The number of hydrogen-bond acceptors (Lipinski definition) is 15. The summed E-state index contributed by atoms with van der Waals surface area (Å²) in [7, 11) is 0. The van der Waals surface area contributed by atoms with Gasteiger partial charge in [0.2, 0.25) is 0 Å². The highest BCUT2D eigenvalue weighted by Crippen LogP contribution is 2.56. The number of hydrogen-bond donors (Lipinski definition) is 0. The molecule has 0 saturated carbocycles. The second-order valence-corrected chi connectivity index (χ2v) is 39.4. The van der Waals surface area contributed by atoms with Gasteiger partial charge in [0.05, 0.1) is 71.3 Å². The number of imide groups is 6. The lowest BCUT2D eigenvalue weighted by atomic mass is 9.80. The summed E-state index contributed by atoms with van der Waals surface area (Å²) in [6.45, 7) is 48.4. The average molecular weight is 1880 g/mol. The van der Waals surface area contributed by atoms with Crippen molar-refractivity contribution < 1.29 is 57.5 Å². The maximum atomic E-state index is 14.1. The third-order valence-electron chi connectivity index (χ3n) is 30.9. The Balaban J connectivity index is 0.000000135. The topological polar surface area (TPSA) is 309 Å². The highest BCUT2D eigenvalue weighted by Gasteiger charge is 2.47. The van der Waals surface area contributed by atoms with Crippen molar-refractivity contribution in [2.75, 3.05) is 0 Å². The van der Waals surface area contributed by atoms with Crippen LogP contribution in [-0.2, 0) is 0 Å². The normalized spacial score (nSPS) is 15.7. The van der Waals surface area contributed by atoms with Crippen molar-refractivity contribution in [3.8, 4) is 18.2 Å². The first-order valence-electron chi connectivity index (χ1n) is 50.0. The SMILES string of the molecule is [C-]#[N+]c1cc2c3c(ccc4c5c(C#N)cc6c7c(ccc(c1c34)c75)C(=O)N([C@@H](C)CCCC)C6=O)C(=O)N([C@@H](C)CCCC)C2=O.[C-]#[N+]c1cc2c3c(ccc4c5c(C#N)cc6c7c(ccc(c1c34)c75)C(=O)N([C@@H](C)CCCCC)C6=O)C(=O)N([C@@H](C)CCCCC)C2=O.[C-]#[N+]c1cc2c3c(ccc4c5c(C#N)cc6c7c(ccc(c1c34)c75)C(=O)N([C@H](C)CCCCC)C6=O)C(=O)N([C@H](C)CCCCC)C2=O. The number of benzene rings is 15. The summed E-state index contributed by atoms with van der Waals surface area (Å²) >= 11 is 0. The molecular formula is C118H104N12O12. The zero-order chi connectivity index (χ0) is 101. The van der Waals surface area contributed by atoms with Crippen LogP contribution in [-0.4, -0.2) is 137 Å². The molecule has 24 nitrogen and oxygen atoms in total. The van der Waals surface area contributed by atoms with Gasteiger partial charge in [-0.25, -0.2) is 14.5 Å². The van der Waals surface area contributed by atoms with E-state index in [1.165, 1.54) is 29.4 Å². The fourth-order valence-corrected chi connectivity index (χ4v) is 23.9. The molecule has 0 fully saturated rings. The van der Waals surface area contributed by atoms with Crippen molar-refractivity contribution in [3.05, 3.63) is 227 Å². The molecule has 21 rings (SSSR count). The second kappa shape index (κ2) is 37.0.